The molecular weight excluding hydrogens is 359 g/mol. The van der Waals surface area contributed by atoms with Crippen molar-refractivity contribution in [3.63, 3.8) is 0 Å². The lowest BCUT2D eigenvalue weighted by atomic mass is 10.00. The monoisotopic (exact) mass is 378 g/mol. The summed E-state index contributed by atoms with van der Waals surface area (Å²) in [5.74, 6) is -0.449. The minimum atomic E-state index is -0.650. The molecule has 134 valence electrons. The molecule has 0 bridgehead atoms. The van der Waals surface area contributed by atoms with Crippen LogP contribution in [0.25, 0.3) is 0 Å². The average Bonchev–Trinajstić information content (AvgIpc) is 2.53. The van der Waals surface area contributed by atoms with Crippen LogP contribution in [0.5, 0.6) is 11.5 Å². The fourth-order valence-electron chi connectivity index (χ4n) is 2.64. The summed E-state index contributed by atoms with van der Waals surface area (Å²) < 4.78 is 5.02. The molecule has 2 N–H and O–H groups in total. The maximum Gasteiger partial charge on any atom is 0.314 e. The van der Waals surface area contributed by atoms with Gasteiger partial charge in [0, 0.05) is 38.3 Å². The van der Waals surface area contributed by atoms with Crippen LogP contribution in [0.1, 0.15) is 18.0 Å². The van der Waals surface area contributed by atoms with Crippen molar-refractivity contribution < 1.29 is 14.8 Å². The first-order valence-corrected chi connectivity index (χ1v) is 6.95. The second-order valence-corrected chi connectivity index (χ2v) is 5.01. The van der Waals surface area contributed by atoms with Gasteiger partial charge in [-0.3, -0.25) is 15.0 Å². The lowest BCUT2D eigenvalue weighted by Crippen LogP contribution is -2.45. The Morgan fingerprint density at radius 2 is 2.08 bits per heavy atom. The summed E-state index contributed by atoms with van der Waals surface area (Å²) in [6.07, 6.45) is 0.213. The van der Waals surface area contributed by atoms with E-state index >= 15 is 0 Å². The molecule has 0 saturated carbocycles. The molecule has 1 saturated heterocycles. The first kappa shape index (κ1) is 22.2. The number of ether oxygens (including phenoxy) is 1. The second kappa shape index (κ2) is 10.2. The molecule has 1 aromatic rings. The summed E-state index contributed by atoms with van der Waals surface area (Å²) in [4.78, 5) is 12.6. The van der Waals surface area contributed by atoms with Gasteiger partial charge >= 0.3 is 5.69 Å². The number of hydrogen-bond donors (Lipinski definition) is 2. The Morgan fingerprint density at radius 3 is 2.58 bits per heavy atom. The third-order valence-electron chi connectivity index (χ3n) is 3.76. The minimum Gasteiger partial charge on any atom is -0.500 e. The Balaban J connectivity index is 0.00000264. The first-order valence-electron chi connectivity index (χ1n) is 6.95. The fraction of sp³-hybridized carbons (Fsp3) is 0.500. The van der Waals surface area contributed by atoms with Gasteiger partial charge in [0.15, 0.2) is 5.75 Å². The van der Waals surface area contributed by atoms with Crippen LogP contribution in [0.3, 0.4) is 0 Å². The van der Waals surface area contributed by atoms with Crippen LogP contribution < -0.4 is 10.1 Å². The van der Waals surface area contributed by atoms with Crippen LogP contribution in [0.2, 0.25) is 0 Å². The maximum atomic E-state index is 11.1. The van der Waals surface area contributed by atoms with E-state index < -0.39 is 16.4 Å². The van der Waals surface area contributed by atoms with Gasteiger partial charge in [0.1, 0.15) is 0 Å². The number of phenolic OH excluding ortho intramolecular Hbond substituents is 1. The highest BCUT2D eigenvalue weighted by molar-refractivity contribution is 5.85. The minimum absolute atomic E-state index is 0. The van der Waals surface area contributed by atoms with Gasteiger partial charge in [-0.05, 0) is 11.6 Å². The topological polar surface area (TPSA) is 112 Å². The van der Waals surface area contributed by atoms with Crippen LogP contribution in [0.4, 0.5) is 5.69 Å². The molecule has 0 aromatic heterocycles. The standard InChI is InChI=1S/C14H18N4O4.2ClH/c1-22-13-9-10(8-12(14(13)19)18(20)21)11(2-3-15)17-6-4-16-5-7-17;;/h8-9,11,16,19H,2,4-7H2,1H3;2*1H/t11-;;/m0../s1. The Morgan fingerprint density at radius 1 is 1.46 bits per heavy atom. The second-order valence-electron chi connectivity index (χ2n) is 5.01. The van der Waals surface area contributed by atoms with Crippen LogP contribution >= 0.6 is 24.8 Å². The molecule has 24 heavy (non-hydrogen) atoms. The van der Waals surface area contributed by atoms with E-state index in [1.807, 2.05) is 0 Å². The lowest BCUT2D eigenvalue weighted by molar-refractivity contribution is -0.386. The van der Waals surface area contributed by atoms with Gasteiger partial charge < -0.3 is 15.2 Å². The number of piperazine rings is 1. The Hall–Kier alpha value is -1.79. The van der Waals surface area contributed by atoms with Gasteiger partial charge in [0.05, 0.1) is 24.5 Å². The number of methoxy groups -OCH3 is 1. The predicted molar refractivity (Wildman–Crippen MR) is 93.2 cm³/mol. The molecule has 1 fully saturated rings. The Labute approximate surface area is 152 Å². The largest absolute Gasteiger partial charge is 0.500 e. The van der Waals surface area contributed by atoms with Crippen LogP contribution in [0.15, 0.2) is 12.1 Å². The molecule has 1 atom stereocenters. The summed E-state index contributed by atoms with van der Waals surface area (Å²) in [5.41, 5.74) is 0.192. The summed E-state index contributed by atoms with van der Waals surface area (Å²) in [6, 6.07) is 4.75. The molecule has 10 heteroatoms. The van der Waals surface area contributed by atoms with E-state index in [1.165, 1.54) is 13.2 Å². The smallest absolute Gasteiger partial charge is 0.314 e. The van der Waals surface area contributed by atoms with E-state index in [2.05, 4.69) is 16.3 Å². The summed E-state index contributed by atoms with van der Waals surface area (Å²) in [7, 11) is 1.34. The number of hydrogen-bond acceptors (Lipinski definition) is 7. The number of rotatable bonds is 5. The number of nitro groups is 1. The van der Waals surface area contributed by atoms with Crippen molar-refractivity contribution in [2.45, 2.75) is 12.5 Å². The average molecular weight is 379 g/mol. The normalized spacial score (nSPS) is 15.3. The number of nitro benzene ring substituents is 1. The molecule has 0 spiro atoms. The molecule has 1 aliphatic heterocycles. The van der Waals surface area contributed by atoms with Crippen LogP contribution in [-0.2, 0) is 0 Å². The molecule has 0 aliphatic carbocycles. The molecule has 2 rings (SSSR count). The molecule has 1 aromatic carbocycles. The van der Waals surface area contributed by atoms with Crippen LogP contribution in [-0.4, -0.2) is 48.2 Å². The lowest BCUT2D eigenvalue weighted by Gasteiger charge is -2.34. The molecule has 0 unspecified atom stereocenters. The van der Waals surface area contributed by atoms with E-state index in [1.54, 1.807) is 6.07 Å². The zero-order valence-corrected chi connectivity index (χ0v) is 14.7. The molecule has 1 aliphatic rings. The molecule has 1 heterocycles. The van der Waals surface area contributed by atoms with Crippen molar-refractivity contribution in [3.8, 4) is 17.6 Å². The van der Waals surface area contributed by atoms with Gasteiger partial charge in [0.25, 0.3) is 0 Å². The molecule has 0 amide bonds. The van der Waals surface area contributed by atoms with E-state index in [4.69, 9.17) is 10.00 Å². The summed E-state index contributed by atoms with van der Waals surface area (Å²) in [6.45, 7) is 3.12. The highest BCUT2D eigenvalue weighted by Crippen LogP contribution is 2.40. The van der Waals surface area contributed by atoms with Crippen molar-refractivity contribution in [2.24, 2.45) is 0 Å². The number of halogens is 2. The quantitative estimate of drug-likeness (QED) is 0.595. The SMILES string of the molecule is COc1cc([C@H](CC#N)N2CCNCC2)cc([N+](=O)[O-])c1O.Cl.Cl. The molecule has 0 radical (unpaired) electrons. The highest BCUT2D eigenvalue weighted by Gasteiger charge is 2.27. The van der Waals surface area contributed by atoms with Gasteiger partial charge in [0.2, 0.25) is 5.75 Å². The third-order valence-corrected chi connectivity index (χ3v) is 3.76. The van der Waals surface area contributed by atoms with Crippen molar-refractivity contribution >= 4 is 30.5 Å². The number of benzene rings is 1. The van der Waals surface area contributed by atoms with Gasteiger partial charge in [-0.2, -0.15) is 5.26 Å². The molecular formula is C14H20Cl2N4O4. The fourth-order valence-corrected chi connectivity index (χ4v) is 2.64. The summed E-state index contributed by atoms with van der Waals surface area (Å²) in [5, 5.41) is 33.3. The Bertz CT molecular complexity index is 603. The zero-order chi connectivity index (χ0) is 16.1. The van der Waals surface area contributed by atoms with Crippen molar-refractivity contribution in [3.05, 3.63) is 27.8 Å². The number of aromatic hydroxyl groups is 1. The van der Waals surface area contributed by atoms with Gasteiger partial charge in [-0.25, -0.2) is 0 Å². The van der Waals surface area contributed by atoms with E-state index in [9.17, 15) is 15.2 Å². The number of phenols is 1. The van der Waals surface area contributed by atoms with Crippen molar-refractivity contribution in [1.29, 1.82) is 5.26 Å². The molecule has 8 nitrogen and oxygen atoms in total. The van der Waals surface area contributed by atoms with Crippen molar-refractivity contribution in [2.75, 3.05) is 33.3 Å². The van der Waals surface area contributed by atoms with Crippen molar-refractivity contribution in [1.82, 2.24) is 10.2 Å². The summed E-state index contributed by atoms with van der Waals surface area (Å²) >= 11 is 0. The predicted octanol–water partition coefficient (Wildman–Crippen LogP) is 2.01. The van der Waals surface area contributed by atoms with Crippen LogP contribution in [0, 0.1) is 21.4 Å². The van der Waals surface area contributed by atoms with E-state index in [0.29, 0.717) is 5.56 Å². The Kier molecular flexibility index (Phi) is 9.40. The zero-order valence-electron chi connectivity index (χ0n) is 13.1. The van der Waals surface area contributed by atoms with E-state index in [0.717, 1.165) is 26.2 Å². The number of nitriles is 1. The maximum absolute atomic E-state index is 11.1. The highest BCUT2D eigenvalue weighted by atomic mass is 35.5. The van der Waals surface area contributed by atoms with Gasteiger partial charge in [-0.15, -0.1) is 24.8 Å². The van der Waals surface area contributed by atoms with Gasteiger partial charge in [-0.1, -0.05) is 0 Å². The first-order chi connectivity index (χ1) is 10.6. The third kappa shape index (κ3) is 4.85. The number of nitrogens with one attached hydrogen (secondary N) is 1. The van der Waals surface area contributed by atoms with E-state index in [-0.39, 0.29) is 43.0 Å². The number of nitrogens with zero attached hydrogens (tertiary/aromatic N) is 3.